The maximum Gasteiger partial charge on any atom is 0.416 e. The molecule has 2 N–H and O–H groups in total. The lowest BCUT2D eigenvalue weighted by molar-refractivity contribution is -0.143. The van der Waals surface area contributed by atoms with Crippen molar-refractivity contribution in [1.82, 2.24) is 0 Å². The normalized spacial score (nSPS) is 15.7. The summed E-state index contributed by atoms with van der Waals surface area (Å²) >= 11 is 0. The minimum absolute atomic E-state index is 0.0805. The van der Waals surface area contributed by atoms with E-state index in [0.29, 0.717) is 17.7 Å². The van der Waals surface area contributed by atoms with Gasteiger partial charge in [-0.15, -0.1) is 6.58 Å². The average molecular weight is 403 g/mol. The second kappa shape index (κ2) is 7.97. The molecule has 2 aromatic rings. The lowest BCUT2D eigenvalue weighted by atomic mass is 9.92. The van der Waals surface area contributed by atoms with Crippen LogP contribution in [-0.2, 0) is 22.6 Å². The SMILES string of the molecule is C=CC(N)(CO[C@H](C)c1cc(C(F)(F)F)cc(C(F)(F)F)c1)c1ccccc1. The molecule has 0 aliphatic heterocycles. The zero-order valence-electron chi connectivity index (χ0n) is 14.9. The van der Waals surface area contributed by atoms with Gasteiger partial charge >= 0.3 is 12.4 Å². The fourth-order valence-corrected chi connectivity index (χ4v) is 2.58. The Bertz CT molecular complexity index is 783. The first-order valence-electron chi connectivity index (χ1n) is 8.26. The molecule has 0 radical (unpaired) electrons. The highest BCUT2D eigenvalue weighted by Crippen LogP contribution is 2.38. The molecule has 0 saturated carbocycles. The van der Waals surface area contributed by atoms with E-state index in [-0.39, 0.29) is 18.2 Å². The van der Waals surface area contributed by atoms with Gasteiger partial charge in [-0.2, -0.15) is 26.3 Å². The van der Waals surface area contributed by atoms with Crippen LogP contribution in [0.25, 0.3) is 0 Å². The van der Waals surface area contributed by atoms with Crippen LogP contribution < -0.4 is 5.73 Å². The summed E-state index contributed by atoms with van der Waals surface area (Å²) in [5, 5.41) is 0. The van der Waals surface area contributed by atoms with Crippen LogP contribution in [0.5, 0.6) is 0 Å². The molecule has 0 spiro atoms. The van der Waals surface area contributed by atoms with Gasteiger partial charge in [-0.05, 0) is 36.2 Å². The van der Waals surface area contributed by atoms with Gasteiger partial charge in [0.1, 0.15) is 0 Å². The zero-order valence-corrected chi connectivity index (χ0v) is 14.9. The van der Waals surface area contributed by atoms with E-state index < -0.39 is 35.1 Å². The standard InChI is InChI=1S/C20H19F6NO/c1-3-18(27,15-7-5-4-6-8-15)12-28-13(2)14-9-16(19(21,22)23)11-17(10-14)20(24,25)26/h3-11,13H,1,12,27H2,2H3/t13-,18?/m1/s1. The first kappa shape index (κ1) is 22.0. The summed E-state index contributed by atoms with van der Waals surface area (Å²) in [6.07, 6.45) is -9.48. The highest BCUT2D eigenvalue weighted by Gasteiger charge is 2.37. The number of hydrogen-bond donors (Lipinski definition) is 1. The number of alkyl halides is 6. The zero-order chi connectivity index (χ0) is 21.2. The molecule has 152 valence electrons. The molecule has 8 heteroatoms. The van der Waals surface area contributed by atoms with Crippen LogP contribution >= 0.6 is 0 Å². The molecule has 0 saturated heterocycles. The minimum Gasteiger partial charge on any atom is -0.371 e. The van der Waals surface area contributed by atoms with Crippen LogP contribution in [0.1, 0.15) is 35.3 Å². The maximum absolute atomic E-state index is 13.0. The molecule has 0 heterocycles. The van der Waals surface area contributed by atoms with Crippen LogP contribution in [0.4, 0.5) is 26.3 Å². The second-order valence-corrected chi connectivity index (χ2v) is 6.40. The van der Waals surface area contributed by atoms with Crippen molar-refractivity contribution in [1.29, 1.82) is 0 Å². The van der Waals surface area contributed by atoms with Gasteiger partial charge in [0.15, 0.2) is 0 Å². The summed E-state index contributed by atoms with van der Waals surface area (Å²) in [5.41, 5.74) is 2.71. The monoisotopic (exact) mass is 403 g/mol. The van der Waals surface area contributed by atoms with Crippen molar-refractivity contribution in [3.8, 4) is 0 Å². The van der Waals surface area contributed by atoms with Gasteiger partial charge in [-0.25, -0.2) is 0 Å². The van der Waals surface area contributed by atoms with Gasteiger partial charge in [-0.1, -0.05) is 36.4 Å². The second-order valence-electron chi connectivity index (χ2n) is 6.40. The fourth-order valence-electron chi connectivity index (χ4n) is 2.58. The van der Waals surface area contributed by atoms with E-state index >= 15 is 0 Å². The molecule has 2 aromatic carbocycles. The van der Waals surface area contributed by atoms with Gasteiger partial charge in [0, 0.05) is 0 Å². The Hall–Kier alpha value is -2.32. The Morgan fingerprint density at radius 2 is 1.43 bits per heavy atom. The van der Waals surface area contributed by atoms with Crippen LogP contribution in [0.2, 0.25) is 0 Å². The molecule has 2 atom stereocenters. The lowest BCUT2D eigenvalue weighted by Gasteiger charge is -2.28. The summed E-state index contributed by atoms with van der Waals surface area (Å²) < 4.78 is 83.6. The van der Waals surface area contributed by atoms with Gasteiger partial charge in [-0.3, -0.25) is 0 Å². The van der Waals surface area contributed by atoms with Crippen molar-refractivity contribution in [2.45, 2.75) is 30.9 Å². The number of nitrogens with two attached hydrogens (primary N) is 1. The topological polar surface area (TPSA) is 35.2 Å². The number of benzene rings is 2. The highest BCUT2D eigenvalue weighted by atomic mass is 19.4. The summed E-state index contributed by atoms with van der Waals surface area (Å²) in [5.74, 6) is 0. The number of hydrogen-bond acceptors (Lipinski definition) is 2. The smallest absolute Gasteiger partial charge is 0.371 e. The molecule has 0 bridgehead atoms. The van der Waals surface area contributed by atoms with E-state index in [1.165, 1.54) is 13.0 Å². The van der Waals surface area contributed by atoms with Crippen LogP contribution in [-0.4, -0.2) is 6.61 Å². The Morgan fingerprint density at radius 1 is 0.929 bits per heavy atom. The summed E-state index contributed by atoms with van der Waals surface area (Å²) in [6.45, 7) is 4.83. The Kier molecular flexibility index (Phi) is 6.25. The van der Waals surface area contributed by atoms with Crippen molar-refractivity contribution in [2.24, 2.45) is 5.73 Å². The Morgan fingerprint density at radius 3 is 1.86 bits per heavy atom. The summed E-state index contributed by atoms with van der Waals surface area (Å²) in [7, 11) is 0. The van der Waals surface area contributed by atoms with E-state index in [2.05, 4.69) is 6.58 Å². The first-order valence-corrected chi connectivity index (χ1v) is 8.26. The van der Waals surface area contributed by atoms with Gasteiger partial charge in [0.05, 0.1) is 29.4 Å². The van der Waals surface area contributed by atoms with E-state index in [4.69, 9.17) is 10.5 Å². The largest absolute Gasteiger partial charge is 0.416 e. The van der Waals surface area contributed by atoms with Crippen molar-refractivity contribution < 1.29 is 31.1 Å². The first-order chi connectivity index (χ1) is 12.9. The van der Waals surface area contributed by atoms with Crippen LogP contribution in [0.3, 0.4) is 0 Å². The van der Waals surface area contributed by atoms with Crippen LogP contribution in [0, 0.1) is 0 Å². The van der Waals surface area contributed by atoms with Gasteiger partial charge in [0.25, 0.3) is 0 Å². The fraction of sp³-hybridized carbons (Fsp3) is 0.300. The average Bonchev–Trinajstić information content (AvgIpc) is 2.64. The van der Waals surface area contributed by atoms with Crippen LogP contribution in [0.15, 0.2) is 61.2 Å². The highest BCUT2D eigenvalue weighted by molar-refractivity contribution is 5.35. The predicted molar refractivity (Wildman–Crippen MR) is 93.3 cm³/mol. The lowest BCUT2D eigenvalue weighted by Crippen LogP contribution is -2.39. The quantitative estimate of drug-likeness (QED) is 0.486. The van der Waals surface area contributed by atoms with Crippen molar-refractivity contribution >= 4 is 0 Å². The number of rotatable bonds is 6. The Labute approximate surface area is 158 Å². The molecule has 2 rings (SSSR count). The molecule has 1 unspecified atom stereocenters. The van der Waals surface area contributed by atoms with E-state index in [0.717, 1.165) is 0 Å². The third-order valence-corrected chi connectivity index (χ3v) is 4.33. The molecule has 0 aromatic heterocycles. The van der Waals surface area contributed by atoms with E-state index in [9.17, 15) is 26.3 Å². The third kappa shape index (κ3) is 5.14. The van der Waals surface area contributed by atoms with Crippen molar-refractivity contribution in [2.75, 3.05) is 6.61 Å². The molecule has 0 amide bonds. The molecular formula is C20H19F6NO. The maximum atomic E-state index is 13.0. The molecule has 0 fully saturated rings. The molecular weight excluding hydrogens is 384 g/mol. The summed E-state index contributed by atoms with van der Waals surface area (Å²) in [6, 6.07) is 10.1. The summed E-state index contributed by atoms with van der Waals surface area (Å²) in [4.78, 5) is 0. The molecule has 28 heavy (non-hydrogen) atoms. The van der Waals surface area contributed by atoms with Gasteiger partial charge < -0.3 is 10.5 Å². The molecule has 0 aliphatic rings. The van der Waals surface area contributed by atoms with Gasteiger partial charge in [0.2, 0.25) is 0 Å². The number of halogens is 6. The third-order valence-electron chi connectivity index (χ3n) is 4.33. The molecule has 2 nitrogen and oxygen atoms in total. The van der Waals surface area contributed by atoms with Crippen molar-refractivity contribution in [3.05, 3.63) is 83.4 Å². The minimum atomic E-state index is -4.92. The van der Waals surface area contributed by atoms with Crippen molar-refractivity contribution in [3.63, 3.8) is 0 Å². The molecule has 0 aliphatic carbocycles. The number of ether oxygens (including phenoxy) is 1. The van der Waals surface area contributed by atoms with E-state index in [1.54, 1.807) is 30.3 Å². The Balaban J connectivity index is 2.30. The predicted octanol–water partition coefficient (Wildman–Crippen LogP) is 5.84. The van der Waals surface area contributed by atoms with E-state index in [1.807, 2.05) is 0 Å².